The highest BCUT2D eigenvalue weighted by Crippen LogP contribution is 2.65. The van der Waals surface area contributed by atoms with Crippen LogP contribution in [0.1, 0.15) is 63.1 Å². The number of halogens is 3. The summed E-state index contributed by atoms with van der Waals surface area (Å²) in [5, 5.41) is 3.39. The van der Waals surface area contributed by atoms with Crippen molar-refractivity contribution in [2.45, 2.75) is 49.6 Å². The van der Waals surface area contributed by atoms with Crippen LogP contribution >= 0.6 is 23.2 Å². The third kappa shape index (κ3) is 3.58. The first-order valence-corrected chi connectivity index (χ1v) is 15.3. The van der Waals surface area contributed by atoms with Crippen LogP contribution in [0.2, 0.25) is 10.2 Å². The molecule has 1 saturated carbocycles. The third-order valence-corrected chi connectivity index (χ3v) is 10.5. The van der Waals surface area contributed by atoms with Crippen molar-refractivity contribution in [3.63, 3.8) is 0 Å². The number of rotatable bonds is 4. The van der Waals surface area contributed by atoms with Crippen LogP contribution in [-0.4, -0.2) is 62.7 Å². The smallest absolute Gasteiger partial charge is 0.253 e. The largest absolute Gasteiger partial charge is 0.345 e. The number of nitrogens with zero attached hydrogens (tertiary/aromatic N) is 5. The summed E-state index contributed by atoms with van der Waals surface area (Å²) in [6.45, 7) is 2.62. The van der Waals surface area contributed by atoms with Gasteiger partial charge in [0.2, 0.25) is 5.91 Å². The average Bonchev–Trinajstić information content (AvgIpc) is 3.40. The van der Waals surface area contributed by atoms with E-state index in [0.717, 1.165) is 35.4 Å². The monoisotopic (exact) mass is 618 g/mol. The van der Waals surface area contributed by atoms with Gasteiger partial charge in [-0.1, -0.05) is 29.3 Å². The van der Waals surface area contributed by atoms with Crippen molar-refractivity contribution in [1.82, 2.24) is 24.2 Å². The fourth-order valence-corrected chi connectivity index (χ4v) is 8.31. The predicted molar refractivity (Wildman–Crippen MR) is 161 cm³/mol. The molecule has 2 aliphatic carbocycles. The van der Waals surface area contributed by atoms with E-state index in [4.69, 9.17) is 28.2 Å². The van der Waals surface area contributed by atoms with Gasteiger partial charge in [-0.25, -0.2) is 14.4 Å². The molecule has 1 N–H and O–H groups in total. The predicted octanol–water partition coefficient (Wildman–Crippen LogP) is 5.55. The summed E-state index contributed by atoms with van der Waals surface area (Å²) in [6.07, 6.45) is 6.23. The SMILES string of the molecule is Cc1c(C(=O)N(C)C)ccn2c3c(nc12)[C@@H]1[C@H](C3)N(CC2CC2)[C@@]2(C(=O)Nc3cc(Cl)ccc32)[C@H]1c1ccnc(Cl)c1F. The van der Waals surface area contributed by atoms with Gasteiger partial charge in [0.15, 0.2) is 11.0 Å². The fourth-order valence-electron chi connectivity index (χ4n) is 7.97. The Balaban J connectivity index is 1.40. The molecule has 5 heterocycles. The zero-order valence-corrected chi connectivity index (χ0v) is 25.4. The molecule has 2 amide bonds. The lowest BCUT2D eigenvalue weighted by Gasteiger charge is -2.40. The number of carbonyl (C=O) groups excluding carboxylic acids is 2. The van der Waals surface area contributed by atoms with Gasteiger partial charge >= 0.3 is 0 Å². The zero-order valence-electron chi connectivity index (χ0n) is 23.9. The van der Waals surface area contributed by atoms with E-state index < -0.39 is 17.3 Å². The lowest BCUT2D eigenvalue weighted by Crippen LogP contribution is -2.53. The van der Waals surface area contributed by atoms with E-state index >= 15 is 4.39 Å². The van der Waals surface area contributed by atoms with E-state index in [1.54, 1.807) is 37.2 Å². The van der Waals surface area contributed by atoms with Crippen molar-refractivity contribution in [3.05, 3.63) is 92.4 Å². The number of amides is 2. The minimum Gasteiger partial charge on any atom is -0.345 e. The number of aromatic nitrogens is 3. The van der Waals surface area contributed by atoms with Crippen LogP contribution in [0.15, 0.2) is 42.7 Å². The molecular formula is C32H29Cl2FN6O2. The lowest BCUT2D eigenvalue weighted by molar-refractivity contribution is -0.128. The number of carbonyl (C=O) groups is 2. The van der Waals surface area contributed by atoms with E-state index in [-0.39, 0.29) is 28.9 Å². The van der Waals surface area contributed by atoms with Crippen molar-refractivity contribution in [2.75, 3.05) is 26.0 Å². The Hall–Kier alpha value is -3.53. The van der Waals surface area contributed by atoms with Gasteiger partial charge in [0, 0.05) is 90.4 Å². The van der Waals surface area contributed by atoms with Crippen LogP contribution in [0.25, 0.3) is 5.65 Å². The van der Waals surface area contributed by atoms with Crippen LogP contribution < -0.4 is 5.32 Å². The van der Waals surface area contributed by atoms with Gasteiger partial charge in [0.25, 0.3) is 5.91 Å². The summed E-state index contributed by atoms with van der Waals surface area (Å²) in [6, 6.07) is 8.85. The highest BCUT2D eigenvalue weighted by molar-refractivity contribution is 6.31. The van der Waals surface area contributed by atoms with Gasteiger partial charge in [0.05, 0.1) is 5.69 Å². The van der Waals surface area contributed by atoms with E-state index in [9.17, 15) is 9.59 Å². The highest BCUT2D eigenvalue weighted by atomic mass is 35.5. The Morgan fingerprint density at radius 3 is 2.74 bits per heavy atom. The first-order chi connectivity index (χ1) is 20.6. The molecule has 8 rings (SSSR count). The molecule has 1 aromatic carbocycles. The third-order valence-electron chi connectivity index (χ3n) is 9.95. The summed E-state index contributed by atoms with van der Waals surface area (Å²) in [4.78, 5) is 40.5. The molecule has 2 fully saturated rings. The topological polar surface area (TPSA) is 82.8 Å². The Labute approximate surface area is 257 Å². The number of pyridine rings is 2. The van der Waals surface area contributed by atoms with Crippen molar-refractivity contribution >= 4 is 46.4 Å². The molecule has 4 atom stereocenters. The van der Waals surface area contributed by atoms with Crippen LogP contribution in [-0.2, 0) is 16.8 Å². The Bertz CT molecular complexity index is 1890. The second kappa shape index (κ2) is 9.24. The second-order valence-electron chi connectivity index (χ2n) is 12.5. The van der Waals surface area contributed by atoms with Crippen LogP contribution in [0, 0.1) is 18.7 Å². The number of nitrogens with one attached hydrogen (secondary N) is 1. The first-order valence-electron chi connectivity index (χ1n) is 14.5. The van der Waals surface area contributed by atoms with Gasteiger partial charge in [-0.05, 0) is 55.5 Å². The number of imidazole rings is 1. The summed E-state index contributed by atoms with van der Waals surface area (Å²) >= 11 is 12.7. The van der Waals surface area contributed by atoms with E-state index in [0.29, 0.717) is 46.4 Å². The standard InChI is InChI=1S/C32H29Cl2FN6O2/c1-15-18(30(42)39(2)3)9-11-40-23-13-22-24(27(23)38-29(15)40)25(19-8-10-36-28(34)26(19)35)32(41(22)14-16-4-5-16)20-7-6-17(33)12-21(20)37-31(32)43/h6-12,16,22,24-25H,4-5,13-14H2,1-3H3,(H,37,43)/t22-,24+,25-,32+/m0/s1. The number of hydrogen-bond donors (Lipinski definition) is 1. The maximum absolute atomic E-state index is 16.1. The highest BCUT2D eigenvalue weighted by Gasteiger charge is 2.70. The molecule has 43 heavy (non-hydrogen) atoms. The summed E-state index contributed by atoms with van der Waals surface area (Å²) in [7, 11) is 3.45. The molecule has 1 saturated heterocycles. The molecule has 11 heteroatoms. The van der Waals surface area contributed by atoms with E-state index in [2.05, 4.69) is 19.6 Å². The minimum absolute atomic E-state index is 0.0965. The number of anilines is 1. The number of hydrogen-bond acceptors (Lipinski definition) is 5. The maximum atomic E-state index is 16.1. The quantitative estimate of drug-likeness (QED) is 0.303. The fraction of sp³-hybridized carbons (Fsp3) is 0.375. The summed E-state index contributed by atoms with van der Waals surface area (Å²) in [5.74, 6) is -1.42. The Morgan fingerprint density at radius 1 is 1.21 bits per heavy atom. The molecule has 3 aromatic heterocycles. The Kier molecular flexibility index (Phi) is 5.81. The minimum atomic E-state index is -1.20. The van der Waals surface area contributed by atoms with Crippen LogP contribution in [0.3, 0.4) is 0 Å². The molecule has 4 aliphatic rings. The van der Waals surface area contributed by atoms with Gasteiger partial charge < -0.3 is 14.6 Å². The normalized spacial score (nSPS) is 25.7. The lowest BCUT2D eigenvalue weighted by atomic mass is 9.71. The van der Waals surface area contributed by atoms with Crippen molar-refractivity contribution in [2.24, 2.45) is 5.92 Å². The van der Waals surface area contributed by atoms with Gasteiger partial charge in [-0.2, -0.15) is 0 Å². The van der Waals surface area contributed by atoms with Gasteiger partial charge in [0.1, 0.15) is 11.2 Å². The number of likely N-dealkylation sites (tertiary alicyclic amines) is 1. The molecule has 8 nitrogen and oxygen atoms in total. The molecule has 0 radical (unpaired) electrons. The molecule has 2 aliphatic heterocycles. The summed E-state index contributed by atoms with van der Waals surface area (Å²) < 4.78 is 18.2. The number of aryl methyl sites for hydroxylation is 1. The molecule has 220 valence electrons. The number of benzene rings is 1. The van der Waals surface area contributed by atoms with Gasteiger partial charge in [-0.3, -0.25) is 14.5 Å². The maximum Gasteiger partial charge on any atom is 0.253 e. The first kappa shape index (κ1) is 27.0. The molecule has 0 unspecified atom stereocenters. The number of fused-ring (bicyclic) bond motifs is 7. The van der Waals surface area contributed by atoms with Crippen molar-refractivity contribution in [3.8, 4) is 0 Å². The van der Waals surface area contributed by atoms with E-state index in [1.807, 2.05) is 25.3 Å². The second-order valence-corrected chi connectivity index (χ2v) is 13.3. The van der Waals surface area contributed by atoms with Crippen LogP contribution in [0.5, 0.6) is 0 Å². The average molecular weight is 620 g/mol. The van der Waals surface area contributed by atoms with Crippen molar-refractivity contribution in [1.29, 1.82) is 0 Å². The molecular weight excluding hydrogens is 590 g/mol. The van der Waals surface area contributed by atoms with Crippen molar-refractivity contribution < 1.29 is 14.0 Å². The van der Waals surface area contributed by atoms with Gasteiger partial charge in [-0.15, -0.1) is 0 Å². The molecule has 4 aromatic rings. The summed E-state index contributed by atoms with van der Waals surface area (Å²) in [5.41, 5.74) is 4.48. The van der Waals surface area contributed by atoms with E-state index in [1.165, 1.54) is 6.20 Å². The van der Waals surface area contributed by atoms with Crippen LogP contribution in [0.4, 0.5) is 10.1 Å². The zero-order chi connectivity index (χ0) is 29.9. The molecule has 0 bridgehead atoms. The Morgan fingerprint density at radius 2 is 2.00 bits per heavy atom. The molecule has 1 spiro atoms.